The van der Waals surface area contributed by atoms with Gasteiger partial charge in [0.05, 0.1) is 11.3 Å². The molecule has 2 aromatic carbocycles. The van der Waals surface area contributed by atoms with Crippen LogP contribution in [0.3, 0.4) is 0 Å². The highest BCUT2D eigenvalue weighted by Gasteiger charge is 2.10. The number of amides is 1. The van der Waals surface area contributed by atoms with E-state index in [1.54, 1.807) is 6.07 Å². The number of ether oxygens (including phenoxy) is 1. The maximum absolute atomic E-state index is 12.4. The average Bonchev–Trinajstić information content (AvgIpc) is 2.58. The molecule has 1 N–H and O–H groups in total. The van der Waals surface area contributed by atoms with Gasteiger partial charge in [0.25, 0.3) is 5.91 Å². The standard InChI is InChI=1S/C20H17IN2O2/c1-13-3-12-19(14(2)22-13)20(24)23-16-6-10-18(11-7-16)25-17-8-4-15(21)5-9-17/h3-12H,1-2H3,(H,23,24). The maximum Gasteiger partial charge on any atom is 0.257 e. The molecule has 1 aromatic heterocycles. The van der Waals surface area contributed by atoms with Crippen LogP contribution >= 0.6 is 22.6 Å². The molecule has 1 amide bonds. The Bertz CT molecular complexity index is 891. The number of aryl methyl sites for hydroxylation is 2. The zero-order valence-electron chi connectivity index (χ0n) is 13.9. The highest BCUT2D eigenvalue weighted by atomic mass is 127. The summed E-state index contributed by atoms with van der Waals surface area (Å²) in [6.45, 7) is 3.74. The van der Waals surface area contributed by atoms with Crippen molar-refractivity contribution in [1.82, 2.24) is 4.98 Å². The summed E-state index contributed by atoms with van der Waals surface area (Å²) in [5.74, 6) is 1.32. The van der Waals surface area contributed by atoms with Crippen molar-refractivity contribution in [3.05, 3.63) is 81.2 Å². The highest BCUT2D eigenvalue weighted by Crippen LogP contribution is 2.24. The summed E-state index contributed by atoms with van der Waals surface area (Å²) >= 11 is 2.25. The molecule has 0 aliphatic heterocycles. The summed E-state index contributed by atoms with van der Waals surface area (Å²) in [6.07, 6.45) is 0. The first-order valence-electron chi connectivity index (χ1n) is 7.80. The van der Waals surface area contributed by atoms with Crippen LogP contribution in [0.1, 0.15) is 21.7 Å². The Labute approximate surface area is 160 Å². The minimum Gasteiger partial charge on any atom is -0.457 e. The molecule has 5 heteroatoms. The predicted octanol–water partition coefficient (Wildman–Crippen LogP) is 5.35. The predicted molar refractivity (Wildman–Crippen MR) is 107 cm³/mol. The number of nitrogens with one attached hydrogen (secondary N) is 1. The molecular weight excluding hydrogens is 427 g/mol. The Kier molecular flexibility index (Phi) is 5.33. The van der Waals surface area contributed by atoms with Gasteiger partial charge in [-0.05, 0) is 97.1 Å². The third-order valence-electron chi connectivity index (χ3n) is 3.63. The third-order valence-corrected chi connectivity index (χ3v) is 4.35. The number of halogens is 1. The number of hydrogen-bond donors (Lipinski definition) is 1. The Morgan fingerprint density at radius 2 is 1.52 bits per heavy atom. The summed E-state index contributed by atoms with van der Waals surface area (Å²) in [7, 11) is 0. The van der Waals surface area contributed by atoms with Crippen LogP contribution < -0.4 is 10.1 Å². The fraction of sp³-hybridized carbons (Fsp3) is 0.100. The molecule has 0 spiro atoms. The lowest BCUT2D eigenvalue weighted by Crippen LogP contribution is -2.14. The molecule has 3 aromatic rings. The van der Waals surface area contributed by atoms with E-state index in [9.17, 15) is 4.79 Å². The van der Waals surface area contributed by atoms with Crippen molar-refractivity contribution in [3.63, 3.8) is 0 Å². The normalized spacial score (nSPS) is 10.4. The zero-order valence-corrected chi connectivity index (χ0v) is 16.1. The van der Waals surface area contributed by atoms with Crippen LogP contribution in [-0.4, -0.2) is 10.9 Å². The molecule has 0 saturated heterocycles. The van der Waals surface area contributed by atoms with Crippen LogP contribution in [0.15, 0.2) is 60.7 Å². The SMILES string of the molecule is Cc1ccc(C(=O)Nc2ccc(Oc3ccc(I)cc3)cc2)c(C)n1. The van der Waals surface area contributed by atoms with Crippen LogP contribution in [0, 0.1) is 17.4 Å². The van der Waals surface area contributed by atoms with Crippen molar-refractivity contribution >= 4 is 34.2 Å². The zero-order chi connectivity index (χ0) is 17.8. The first-order valence-corrected chi connectivity index (χ1v) is 8.88. The molecular formula is C20H17IN2O2. The second-order valence-electron chi connectivity index (χ2n) is 5.62. The van der Waals surface area contributed by atoms with E-state index in [1.807, 2.05) is 68.4 Å². The van der Waals surface area contributed by atoms with Gasteiger partial charge in [-0.3, -0.25) is 9.78 Å². The highest BCUT2D eigenvalue weighted by molar-refractivity contribution is 14.1. The number of anilines is 1. The third kappa shape index (κ3) is 4.57. The lowest BCUT2D eigenvalue weighted by Gasteiger charge is -2.09. The van der Waals surface area contributed by atoms with Crippen LogP contribution in [0.25, 0.3) is 0 Å². The van der Waals surface area contributed by atoms with Gasteiger partial charge in [-0.25, -0.2) is 0 Å². The Morgan fingerprint density at radius 3 is 2.12 bits per heavy atom. The molecule has 0 unspecified atom stereocenters. The maximum atomic E-state index is 12.4. The molecule has 0 radical (unpaired) electrons. The molecule has 1 heterocycles. The largest absolute Gasteiger partial charge is 0.457 e. The Hall–Kier alpha value is -2.41. The Balaban J connectivity index is 1.67. The van der Waals surface area contributed by atoms with E-state index in [0.717, 1.165) is 20.7 Å². The van der Waals surface area contributed by atoms with Gasteiger partial charge in [0.15, 0.2) is 0 Å². The van der Waals surface area contributed by atoms with E-state index >= 15 is 0 Å². The topological polar surface area (TPSA) is 51.2 Å². The molecule has 0 fully saturated rings. The van der Waals surface area contributed by atoms with E-state index in [0.29, 0.717) is 17.0 Å². The fourth-order valence-corrected chi connectivity index (χ4v) is 2.73. The molecule has 0 atom stereocenters. The number of rotatable bonds is 4. The Morgan fingerprint density at radius 1 is 0.920 bits per heavy atom. The average molecular weight is 444 g/mol. The van der Waals surface area contributed by atoms with Crippen LogP contribution in [0.5, 0.6) is 11.5 Å². The minimum absolute atomic E-state index is 0.170. The monoisotopic (exact) mass is 444 g/mol. The van der Waals surface area contributed by atoms with Crippen LogP contribution in [-0.2, 0) is 0 Å². The number of carbonyl (C=O) groups excluding carboxylic acids is 1. The van der Waals surface area contributed by atoms with Gasteiger partial charge < -0.3 is 10.1 Å². The lowest BCUT2D eigenvalue weighted by atomic mass is 10.1. The summed E-state index contributed by atoms with van der Waals surface area (Å²) < 4.78 is 6.94. The van der Waals surface area contributed by atoms with Gasteiger partial charge in [-0.15, -0.1) is 0 Å². The van der Waals surface area contributed by atoms with Gasteiger partial charge in [0.2, 0.25) is 0 Å². The molecule has 126 valence electrons. The van der Waals surface area contributed by atoms with Crippen molar-refractivity contribution < 1.29 is 9.53 Å². The molecule has 4 nitrogen and oxygen atoms in total. The molecule has 0 aliphatic rings. The van der Waals surface area contributed by atoms with Gasteiger partial charge in [-0.2, -0.15) is 0 Å². The van der Waals surface area contributed by atoms with Crippen molar-refractivity contribution in [2.75, 3.05) is 5.32 Å². The molecule has 3 rings (SSSR count). The minimum atomic E-state index is -0.170. The first-order chi connectivity index (χ1) is 12.0. The van der Waals surface area contributed by atoms with Gasteiger partial charge in [0.1, 0.15) is 11.5 Å². The summed E-state index contributed by atoms with van der Waals surface area (Å²) in [6, 6.07) is 18.7. The van der Waals surface area contributed by atoms with Gasteiger partial charge >= 0.3 is 0 Å². The smallest absolute Gasteiger partial charge is 0.257 e. The van der Waals surface area contributed by atoms with Crippen molar-refractivity contribution in [1.29, 1.82) is 0 Å². The van der Waals surface area contributed by atoms with Crippen molar-refractivity contribution in [2.45, 2.75) is 13.8 Å². The number of nitrogens with zero attached hydrogens (tertiary/aromatic N) is 1. The summed E-state index contributed by atoms with van der Waals surface area (Å²) in [5, 5.41) is 2.88. The van der Waals surface area contributed by atoms with E-state index in [4.69, 9.17) is 4.74 Å². The summed E-state index contributed by atoms with van der Waals surface area (Å²) in [4.78, 5) is 16.7. The number of carbonyl (C=O) groups is 1. The van der Waals surface area contributed by atoms with E-state index in [1.165, 1.54) is 0 Å². The van der Waals surface area contributed by atoms with Crippen LogP contribution in [0.2, 0.25) is 0 Å². The van der Waals surface area contributed by atoms with Gasteiger partial charge in [-0.1, -0.05) is 0 Å². The summed E-state index contributed by atoms with van der Waals surface area (Å²) in [5.41, 5.74) is 2.90. The first kappa shape index (κ1) is 17.4. The molecule has 0 bridgehead atoms. The number of aromatic nitrogens is 1. The van der Waals surface area contributed by atoms with Crippen molar-refractivity contribution in [3.8, 4) is 11.5 Å². The number of hydrogen-bond acceptors (Lipinski definition) is 3. The fourth-order valence-electron chi connectivity index (χ4n) is 2.37. The quantitative estimate of drug-likeness (QED) is 0.553. The number of pyridine rings is 1. The molecule has 0 aliphatic carbocycles. The van der Waals surface area contributed by atoms with E-state index in [-0.39, 0.29) is 5.91 Å². The lowest BCUT2D eigenvalue weighted by molar-refractivity contribution is 0.102. The second-order valence-corrected chi connectivity index (χ2v) is 6.87. The van der Waals surface area contributed by atoms with E-state index in [2.05, 4.69) is 32.9 Å². The van der Waals surface area contributed by atoms with Gasteiger partial charge in [0, 0.05) is 15.0 Å². The van der Waals surface area contributed by atoms with E-state index < -0.39 is 0 Å². The molecule has 0 saturated carbocycles. The second kappa shape index (κ2) is 7.65. The van der Waals surface area contributed by atoms with Crippen molar-refractivity contribution in [2.24, 2.45) is 0 Å². The molecule has 25 heavy (non-hydrogen) atoms. The number of benzene rings is 2. The van der Waals surface area contributed by atoms with Crippen LogP contribution in [0.4, 0.5) is 5.69 Å².